The normalized spacial score (nSPS) is 26.9. The van der Waals surface area contributed by atoms with E-state index in [-0.39, 0.29) is 5.82 Å². The number of nitrogens with zero attached hydrogens (tertiary/aromatic N) is 1. The van der Waals surface area contributed by atoms with Gasteiger partial charge in [-0.05, 0) is 44.0 Å². The second kappa shape index (κ2) is 4.52. The van der Waals surface area contributed by atoms with E-state index in [9.17, 15) is 9.50 Å². The summed E-state index contributed by atoms with van der Waals surface area (Å²) in [5.41, 5.74) is 0.525. The van der Waals surface area contributed by atoms with Crippen LogP contribution in [0.1, 0.15) is 25.3 Å². The fraction of sp³-hybridized carbons (Fsp3) is 0.538. The summed E-state index contributed by atoms with van der Waals surface area (Å²) in [6.45, 7) is 4.37. The zero-order valence-corrected chi connectivity index (χ0v) is 9.62. The summed E-state index contributed by atoms with van der Waals surface area (Å²) in [6.07, 6.45) is 1.89. The molecule has 1 saturated heterocycles. The molecule has 1 atom stereocenters. The Morgan fingerprint density at radius 2 is 2.06 bits per heavy atom. The summed E-state index contributed by atoms with van der Waals surface area (Å²) in [7, 11) is 0. The number of hydrogen-bond acceptors (Lipinski definition) is 2. The van der Waals surface area contributed by atoms with Gasteiger partial charge in [-0.15, -0.1) is 0 Å². The van der Waals surface area contributed by atoms with Crippen molar-refractivity contribution in [2.24, 2.45) is 0 Å². The average molecular weight is 223 g/mol. The van der Waals surface area contributed by atoms with Crippen molar-refractivity contribution in [1.29, 1.82) is 0 Å². The number of piperidine rings is 1. The fourth-order valence-corrected chi connectivity index (χ4v) is 2.31. The molecule has 2 rings (SSSR count). The quantitative estimate of drug-likeness (QED) is 0.830. The predicted octanol–water partition coefficient (Wildman–Crippen LogP) is 2.17. The van der Waals surface area contributed by atoms with E-state index in [1.165, 1.54) is 12.1 Å². The van der Waals surface area contributed by atoms with Gasteiger partial charge < -0.3 is 5.11 Å². The zero-order chi connectivity index (χ0) is 11.6. The van der Waals surface area contributed by atoms with Crippen molar-refractivity contribution < 1.29 is 9.50 Å². The topological polar surface area (TPSA) is 23.5 Å². The molecule has 1 N–H and O–H groups in total. The van der Waals surface area contributed by atoms with Crippen LogP contribution in [-0.4, -0.2) is 28.7 Å². The third-order valence-corrected chi connectivity index (χ3v) is 3.07. The number of aliphatic hydroxyl groups is 1. The maximum absolute atomic E-state index is 12.7. The van der Waals surface area contributed by atoms with Gasteiger partial charge in [-0.3, -0.25) is 4.90 Å². The lowest BCUT2D eigenvalue weighted by molar-refractivity contribution is -0.0181. The smallest absolute Gasteiger partial charge is 0.123 e. The molecule has 0 spiro atoms. The van der Waals surface area contributed by atoms with Gasteiger partial charge in [0.2, 0.25) is 0 Å². The Morgan fingerprint density at radius 3 is 2.69 bits per heavy atom. The minimum Gasteiger partial charge on any atom is -0.389 e. The van der Waals surface area contributed by atoms with Crippen LogP contribution in [0.3, 0.4) is 0 Å². The molecule has 1 aromatic carbocycles. The van der Waals surface area contributed by atoms with Crippen LogP contribution in [0.2, 0.25) is 0 Å². The van der Waals surface area contributed by atoms with E-state index in [2.05, 4.69) is 4.90 Å². The Balaban J connectivity index is 1.97. The Labute approximate surface area is 95.7 Å². The van der Waals surface area contributed by atoms with Crippen LogP contribution in [-0.2, 0) is 6.54 Å². The predicted molar refractivity (Wildman–Crippen MR) is 61.5 cm³/mol. The lowest BCUT2D eigenvalue weighted by Gasteiger charge is -2.36. The van der Waals surface area contributed by atoms with Crippen molar-refractivity contribution >= 4 is 0 Å². The molecule has 0 bridgehead atoms. The maximum Gasteiger partial charge on any atom is 0.123 e. The summed E-state index contributed by atoms with van der Waals surface area (Å²) in [4.78, 5) is 2.22. The van der Waals surface area contributed by atoms with E-state index in [4.69, 9.17) is 0 Å². The molecular weight excluding hydrogens is 205 g/mol. The average Bonchev–Trinajstić information content (AvgIpc) is 2.20. The molecule has 1 aliphatic rings. The third-order valence-electron chi connectivity index (χ3n) is 3.07. The second-order valence-corrected chi connectivity index (χ2v) is 4.94. The van der Waals surface area contributed by atoms with Gasteiger partial charge in [0.05, 0.1) is 5.60 Å². The van der Waals surface area contributed by atoms with Gasteiger partial charge in [-0.1, -0.05) is 12.1 Å². The summed E-state index contributed by atoms with van der Waals surface area (Å²) in [5, 5.41) is 9.97. The molecule has 2 nitrogen and oxygen atoms in total. The van der Waals surface area contributed by atoms with E-state index in [0.717, 1.165) is 31.5 Å². The van der Waals surface area contributed by atoms with Crippen LogP contribution >= 0.6 is 0 Å². The molecule has 0 aromatic heterocycles. The Kier molecular flexibility index (Phi) is 3.26. The minimum absolute atomic E-state index is 0.200. The molecule has 1 unspecified atom stereocenters. The number of likely N-dealkylation sites (tertiary alicyclic amines) is 1. The molecule has 0 amide bonds. The van der Waals surface area contributed by atoms with E-state index in [0.29, 0.717) is 6.54 Å². The maximum atomic E-state index is 12.7. The molecule has 0 saturated carbocycles. The zero-order valence-electron chi connectivity index (χ0n) is 9.62. The van der Waals surface area contributed by atoms with E-state index in [1.807, 2.05) is 6.92 Å². The molecule has 1 fully saturated rings. The monoisotopic (exact) mass is 223 g/mol. The van der Waals surface area contributed by atoms with Gasteiger partial charge in [0.15, 0.2) is 0 Å². The van der Waals surface area contributed by atoms with Crippen molar-refractivity contribution in [1.82, 2.24) is 4.90 Å². The number of β-amino-alcohol motifs (C(OH)–C–C–N with tert-alkyl or cyclic N) is 1. The van der Waals surface area contributed by atoms with E-state index in [1.54, 1.807) is 12.1 Å². The van der Waals surface area contributed by atoms with Gasteiger partial charge in [-0.25, -0.2) is 4.39 Å². The van der Waals surface area contributed by atoms with Gasteiger partial charge >= 0.3 is 0 Å². The first kappa shape index (κ1) is 11.6. The van der Waals surface area contributed by atoms with Gasteiger partial charge in [-0.2, -0.15) is 0 Å². The van der Waals surface area contributed by atoms with Crippen molar-refractivity contribution in [2.45, 2.75) is 31.9 Å². The first-order chi connectivity index (χ1) is 7.55. The summed E-state index contributed by atoms with van der Waals surface area (Å²) in [5.74, 6) is -0.200. The molecule has 1 heterocycles. The van der Waals surface area contributed by atoms with Gasteiger partial charge in [0.25, 0.3) is 0 Å². The highest BCUT2D eigenvalue weighted by atomic mass is 19.1. The largest absolute Gasteiger partial charge is 0.389 e. The number of hydrogen-bond donors (Lipinski definition) is 1. The first-order valence-corrected chi connectivity index (χ1v) is 5.74. The van der Waals surface area contributed by atoms with Crippen LogP contribution in [0.4, 0.5) is 4.39 Å². The number of halogens is 1. The standard InChI is InChI=1S/C13H18FNO/c1-13(16)7-2-8-15(10-13)9-11-3-5-12(14)6-4-11/h3-6,16H,2,7-10H2,1H3. The second-order valence-electron chi connectivity index (χ2n) is 4.94. The van der Waals surface area contributed by atoms with Gasteiger partial charge in [0, 0.05) is 13.1 Å². The lowest BCUT2D eigenvalue weighted by Crippen LogP contribution is -2.45. The molecule has 3 heteroatoms. The summed E-state index contributed by atoms with van der Waals surface area (Å²) >= 11 is 0. The van der Waals surface area contributed by atoms with Crippen LogP contribution in [0.15, 0.2) is 24.3 Å². The molecule has 88 valence electrons. The van der Waals surface area contributed by atoms with Gasteiger partial charge in [0.1, 0.15) is 5.82 Å². The Morgan fingerprint density at radius 1 is 1.38 bits per heavy atom. The molecule has 0 aliphatic carbocycles. The van der Waals surface area contributed by atoms with Crippen LogP contribution in [0, 0.1) is 5.82 Å². The van der Waals surface area contributed by atoms with Crippen LogP contribution < -0.4 is 0 Å². The van der Waals surface area contributed by atoms with Crippen molar-refractivity contribution in [2.75, 3.05) is 13.1 Å². The Bertz CT molecular complexity index is 347. The Hall–Kier alpha value is -0.930. The summed E-state index contributed by atoms with van der Waals surface area (Å²) < 4.78 is 12.7. The highest BCUT2D eigenvalue weighted by Gasteiger charge is 2.27. The molecule has 0 radical (unpaired) electrons. The fourth-order valence-electron chi connectivity index (χ4n) is 2.31. The van der Waals surface area contributed by atoms with Crippen molar-refractivity contribution in [3.05, 3.63) is 35.6 Å². The SMILES string of the molecule is CC1(O)CCCN(Cc2ccc(F)cc2)C1. The number of rotatable bonds is 2. The third kappa shape index (κ3) is 3.03. The molecule has 16 heavy (non-hydrogen) atoms. The lowest BCUT2D eigenvalue weighted by atomic mass is 9.95. The van der Waals surface area contributed by atoms with E-state index < -0.39 is 5.60 Å². The first-order valence-electron chi connectivity index (χ1n) is 5.74. The molecular formula is C13H18FNO. The highest BCUT2D eigenvalue weighted by molar-refractivity contribution is 5.16. The summed E-state index contributed by atoms with van der Waals surface area (Å²) in [6, 6.07) is 6.58. The molecule has 1 aromatic rings. The number of benzene rings is 1. The van der Waals surface area contributed by atoms with Crippen molar-refractivity contribution in [3.63, 3.8) is 0 Å². The van der Waals surface area contributed by atoms with Crippen LogP contribution in [0.5, 0.6) is 0 Å². The highest BCUT2D eigenvalue weighted by Crippen LogP contribution is 2.21. The van der Waals surface area contributed by atoms with Crippen LogP contribution in [0.25, 0.3) is 0 Å². The van der Waals surface area contributed by atoms with Crippen molar-refractivity contribution in [3.8, 4) is 0 Å². The van der Waals surface area contributed by atoms with E-state index >= 15 is 0 Å². The minimum atomic E-state index is -0.571. The molecule has 1 aliphatic heterocycles.